The summed E-state index contributed by atoms with van der Waals surface area (Å²) in [6.07, 6.45) is 54.9. The predicted octanol–water partition coefficient (Wildman–Crippen LogP) is 15.3. The summed E-state index contributed by atoms with van der Waals surface area (Å²) in [6.45, 7) is 6.45. The Kier molecular flexibility index (Phi) is 45.6. The molecular weight excluding hydrogens is 731 g/mol. The smallest absolute Gasteiger partial charge is 0.306 e. The summed E-state index contributed by atoms with van der Waals surface area (Å²) < 4.78 is 5.90. The molecule has 0 aromatic rings. The molecule has 0 spiro atoms. The van der Waals surface area contributed by atoms with Crippen molar-refractivity contribution in [2.45, 2.75) is 283 Å². The number of rotatable bonds is 46. The van der Waals surface area contributed by atoms with E-state index < -0.39 is 18.2 Å². The third-order valence-corrected chi connectivity index (χ3v) is 11.7. The van der Waals surface area contributed by atoms with E-state index in [1.165, 1.54) is 154 Å². The Morgan fingerprint density at radius 3 is 1.37 bits per heavy atom. The Morgan fingerprint density at radius 2 is 0.881 bits per heavy atom. The van der Waals surface area contributed by atoms with E-state index in [4.69, 9.17) is 4.74 Å². The van der Waals surface area contributed by atoms with Gasteiger partial charge in [0.15, 0.2) is 0 Å². The second-order valence-electron chi connectivity index (χ2n) is 17.6. The predicted molar refractivity (Wildman–Crippen MR) is 255 cm³/mol. The summed E-state index contributed by atoms with van der Waals surface area (Å²) in [5.41, 5.74) is 0. The zero-order chi connectivity index (χ0) is 43.1. The normalized spacial score (nSPS) is 13.5. The van der Waals surface area contributed by atoms with Crippen LogP contribution >= 0.6 is 0 Å². The summed E-state index contributed by atoms with van der Waals surface area (Å²) in [5.74, 6) is -0.525. The van der Waals surface area contributed by atoms with Crippen LogP contribution in [0.2, 0.25) is 0 Å². The van der Waals surface area contributed by atoms with Crippen LogP contribution in [0.1, 0.15) is 265 Å². The molecule has 6 nitrogen and oxygen atoms in total. The van der Waals surface area contributed by atoms with Gasteiger partial charge in [-0.3, -0.25) is 9.59 Å². The van der Waals surface area contributed by atoms with Crippen LogP contribution in [0.3, 0.4) is 0 Å². The van der Waals surface area contributed by atoms with E-state index in [0.717, 1.165) is 64.2 Å². The van der Waals surface area contributed by atoms with Gasteiger partial charge in [-0.05, 0) is 70.6 Å². The first-order chi connectivity index (χ1) is 29.0. The van der Waals surface area contributed by atoms with E-state index in [1.54, 1.807) is 0 Å². The molecule has 6 heteroatoms. The average molecular weight is 830 g/mol. The number of esters is 1. The molecule has 0 bridgehead atoms. The molecule has 0 heterocycles. The number of carbonyl (C=O) groups excluding carboxylic acids is 2. The molecular formula is C53H99NO5. The molecule has 0 aliphatic rings. The van der Waals surface area contributed by atoms with Gasteiger partial charge in [0.2, 0.25) is 5.91 Å². The third-order valence-electron chi connectivity index (χ3n) is 11.7. The SMILES string of the molecule is CCCCC/C=C\CCCCCCCC(=O)OC(CCC/C=C/C=C/CCCCCCCCC)CC(=O)NC(CO)C(O)CCCCCCCCCCCCCCCC. The minimum absolute atomic E-state index is 0.0435. The fourth-order valence-electron chi connectivity index (χ4n) is 7.77. The molecule has 3 atom stereocenters. The quantitative estimate of drug-likeness (QED) is 0.0246. The molecule has 3 N–H and O–H groups in total. The van der Waals surface area contributed by atoms with Crippen molar-refractivity contribution in [2.75, 3.05) is 6.61 Å². The third kappa shape index (κ3) is 42.6. The highest BCUT2D eigenvalue weighted by Crippen LogP contribution is 2.17. The lowest BCUT2D eigenvalue weighted by atomic mass is 10.0. The van der Waals surface area contributed by atoms with Crippen LogP contribution < -0.4 is 5.32 Å². The number of ether oxygens (including phenoxy) is 1. The molecule has 0 radical (unpaired) electrons. The highest BCUT2D eigenvalue weighted by Gasteiger charge is 2.24. The van der Waals surface area contributed by atoms with Gasteiger partial charge < -0.3 is 20.3 Å². The van der Waals surface area contributed by atoms with Crippen LogP contribution in [0.15, 0.2) is 36.5 Å². The van der Waals surface area contributed by atoms with Crippen molar-refractivity contribution in [3.63, 3.8) is 0 Å². The van der Waals surface area contributed by atoms with Crippen LogP contribution in [-0.4, -0.2) is 46.9 Å². The topological polar surface area (TPSA) is 95.9 Å². The zero-order valence-corrected chi connectivity index (χ0v) is 39.4. The van der Waals surface area contributed by atoms with Crippen molar-refractivity contribution in [1.82, 2.24) is 5.32 Å². The number of carbonyl (C=O) groups is 2. The van der Waals surface area contributed by atoms with Crippen LogP contribution in [0.25, 0.3) is 0 Å². The fraction of sp³-hybridized carbons (Fsp3) is 0.849. The second-order valence-corrected chi connectivity index (χ2v) is 17.6. The van der Waals surface area contributed by atoms with Gasteiger partial charge in [0.1, 0.15) is 6.10 Å². The molecule has 0 aromatic heterocycles. The molecule has 3 unspecified atom stereocenters. The van der Waals surface area contributed by atoms with E-state index in [-0.39, 0.29) is 24.9 Å². The highest BCUT2D eigenvalue weighted by molar-refractivity contribution is 5.77. The summed E-state index contributed by atoms with van der Waals surface area (Å²) >= 11 is 0. The van der Waals surface area contributed by atoms with Gasteiger partial charge in [-0.2, -0.15) is 0 Å². The van der Waals surface area contributed by atoms with Gasteiger partial charge in [-0.25, -0.2) is 0 Å². The maximum atomic E-state index is 13.2. The molecule has 0 aromatic carbocycles. The number of amides is 1. The summed E-state index contributed by atoms with van der Waals surface area (Å²) in [6, 6.07) is -0.715. The van der Waals surface area contributed by atoms with Crippen LogP contribution in [0.5, 0.6) is 0 Å². The number of hydrogen-bond acceptors (Lipinski definition) is 5. The summed E-state index contributed by atoms with van der Waals surface area (Å²) in [4.78, 5) is 26.1. The molecule has 346 valence electrons. The van der Waals surface area contributed by atoms with Gasteiger partial charge in [0.05, 0.1) is 25.2 Å². The summed E-state index contributed by atoms with van der Waals surface area (Å²) in [5, 5.41) is 23.7. The minimum Gasteiger partial charge on any atom is -0.462 e. The van der Waals surface area contributed by atoms with Gasteiger partial charge in [-0.1, -0.05) is 218 Å². The largest absolute Gasteiger partial charge is 0.462 e. The number of nitrogens with one attached hydrogen (secondary N) is 1. The van der Waals surface area contributed by atoms with Gasteiger partial charge in [-0.15, -0.1) is 0 Å². The number of hydrogen-bond donors (Lipinski definition) is 3. The maximum absolute atomic E-state index is 13.2. The Bertz CT molecular complexity index is 977. The Hall–Kier alpha value is -1.92. The Labute approximate surface area is 366 Å². The van der Waals surface area contributed by atoms with Crippen LogP contribution in [0.4, 0.5) is 0 Å². The number of aliphatic hydroxyl groups is 2. The Balaban J connectivity index is 4.63. The molecule has 0 rings (SSSR count). The van der Waals surface area contributed by atoms with Crippen molar-refractivity contribution >= 4 is 11.9 Å². The van der Waals surface area contributed by atoms with E-state index in [1.807, 2.05) is 0 Å². The van der Waals surface area contributed by atoms with Crippen molar-refractivity contribution in [3.05, 3.63) is 36.5 Å². The maximum Gasteiger partial charge on any atom is 0.306 e. The molecule has 59 heavy (non-hydrogen) atoms. The molecule has 0 fully saturated rings. The first-order valence-corrected chi connectivity index (χ1v) is 25.7. The van der Waals surface area contributed by atoms with Gasteiger partial charge in [0, 0.05) is 6.42 Å². The van der Waals surface area contributed by atoms with E-state index in [2.05, 4.69) is 62.5 Å². The number of aliphatic hydroxyl groups excluding tert-OH is 2. The molecule has 0 aliphatic carbocycles. The standard InChI is InChI=1S/C53H99NO5/c1-4-7-10-13-16-19-22-25-27-29-32-35-38-41-44-49(59-53(58)46-43-40-37-34-31-24-21-18-15-12-9-6-3)47-52(57)54-50(48-55)51(56)45-42-39-36-33-30-28-26-23-20-17-14-11-8-5-2/h18,21,27,29,32,35,49-51,55-56H,4-17,19-20,22-26,28,30-31,33-34,36-48H2,1-3H3,(H,54,57)/b21-18-,29-27+,35-32+. The van der Waals surface area contributed by atoms with Crippen molar-refractivity contribution in [1.29, 1.82) is 0 Å². The monoisotopic (exact) mass is 830 g/mol. The Morgan fingerprint density at radius 1 is 0.492 bits per heavy atom. The average Bonchev–Trinajstić information content (AvgIpc) is 3.23. The first-order valence-electron chi connectivity index (χ1n) is 25.7. The first kappa shape index (κ1) is 57.1. The lowest BCUT2D eigenvalue weighted by molar-refractivity contribution is -0.151. The number of allylic oxidation sites excluding steroid dienone is 6. The van der Waals surface area contributed by atoms with E-state index in [0.29, 0.717) is 19.3 Å². The lowest BCUT2D eigenvalue weighted by Crippen LogP contribution is -2.46. The van der Waals surface area contributed by atoms with Crippen molar-refractivity contribution < 1.29 is 24.5 Å². The van der Waals surface area contributed by atoms with Crippen molar-refractivity contribution in [2.24, 2.45) is 0 Å². The van der Waals surface area contributed by atoms with E-state index >= 15 is 0 Å². The molecule has 0 saturated carbocycles. The molecule has 0 saturated heterocycles. The number of unbranched alkanes of at least 4 members (excludes halogenated alkanes) is 29. The van der Waals surface area contributed by atoms with E-state index in [9.17, 15) is 19.8 Å². The van der Waals surface area contributed by atoms with Crippen molar-refractivity contribution in [3.8, 4) is 0 Å². The summed E-state index contributed by atoms with van der Waals surface area (Å²) in [7, 11) is 0. The zero-order valence-electron chi connectivity index (χ0n) is 39.4. The van der Waals surface area contributed by atoms with Crippen LogP contribution in [0, 0.1) is 0 Å². The van der Waals surface area contributed by atoms with Gasteiger partial charge in [0.25, 0.3) is 0 Å². The highest BCUT2D eigenvalue weighted by atomic mass is 16.5. The van der Waals surface area contributed by atoms with Crippen LogP contribution in [-0.2, 0) is 14.3 Å². The minimum atomic E-state index is -0.798. The molecule has 1 amide bonds. The fourth-order valence-corrected chi connectivity index (χ4v) is 7.77. The van der Waals surface area contributed by atoms with Gasteiger partial charge >= 0.3 is 5.97 Å². The molecule has 0 aliphatic heterocycles. The second kappa shape index (κ2) is 47.1. The lowest BCUT2D eigenvalue weighted by Gasteiger charge is -2.24.